The van der Waals surface area contributed by atoms with Crippen LogP contribution in [0.1, 0.15) is 26.3 Å². The molecule has 0 aliphatic heterocycles. The second kappa shape index (κ2) is 8.79. The Morgan fingerprint density at radius 3 is 2.03 bits per heavy atom. The molecule has 8 heteroatoms. The zero-order valence-electron chi connectivity index (χ0n) is 16.5. The van der Waals surface area contributed by atoms with E-state index in [-0.39, 0.29) is 16.7 Å². The molecule has 3 rings (SSSR count). The van der Waals surface area contributed by atoms with Crippen LogP contribution in [0.25, 0.3) is 0 Å². The fraction of sp³-hybridized carbons (Fsp3) is 0.0909. The quantitative estimate of drug-likeness (QED) is 0.565. The highest BCUT2D eigenvalue weighted by atomic mass is 32.2. The molecule has 0 spiro atoms. The summed E-state index contributed by atoms with van der Waals surface area (Å²) in [6.45, 7) is 1.80. The summed E-state index contributed by atoms with van der Waals surface area (Å²) in [6.07, 6.45) is 0. The van der Waals surface area contributed by atoms with Gasteiger partial charge in [0.1, 0.15) is 0 Å². The van der Waals surface area contributed by atoms with Gasteiger partial charge in [-0.05, 0) is 67.1 Å². The Bertz CT molecular complexity index is 1170. The third-order valence-corrected chi connectivity index (χ3v) is 5.81. The van der Waals surface area contributed by atoms with Crippen LogP contribution in [0.5, 0.6) is 0 Å². The summed E-state index contributed by atoms with van der Waals surface area (Å²) in [4.78, 5) is 24.4. The van der Waals surface area contributed by atoms with Crippen LogP contribution in [0.3, 0.4) is 0 Å². The second-order valence-corrected chi connectivity index (χ2v) is 8.24. The number of nitrogens with one attached hydrogen (secondary N) is 3. The standard InChI is InChI=1S/C22H21N3O4S/c1-15-14-17(21(26)23-2)10-13-20(15)24-22(27)16-8-11-18(12-9-16)25-30(28,29)19-6-4-3-5-7-19/h3-14,25H,1-2H3,(H,23,26)(H,24,27). The molecule has 0 aromatic heterocycles. The summed E-state index contributed by atoms with van der Waals surface area (Å²) in [5, 5.41) is 5.35. The molecular formula is C22H21N3O4S. The molecule has 0 radical (unpaired) electrons. The predicted octanol–water partition coefficient (Wildman–Crippen LogP) is 3.41. The van der Waals surface area contributed by atoms with Crippen LogP contribution < -0.4 is 15.4 Å². The number of anilines is 2. The van der Waals surface area contributed by atoms with Crippen LogP contribution in [0, 0.1) is 6.92 Å². The highest BCUT2D eigenvalue weighted by molar-refractivity contribution is 7.92. The maximum absolute atomic E-state index is 12.5. The van der Waals surface area contributed by atoms with Crippen LogP contribution in [0.4, 0.5) is 11.4 Å². The minimum absolute atomic E-state index is 0.155. The molecule has 3 N–H and O–H groups in total. The fourth-order valence-corrected chi connectivity index (χ4v) is 3.87. The monoisotopic (exact) mass is 423 g/mol. The van der Waals surface area contributed by atoms with Crippen LogP contribution >= 0.6 is 0 Å². The highest BCUT2D eigenvalue weighted by Gasteiger charge is 2.14. The highest BCUT2D eigenvalue weighted by Crippen LogP contribution is 2.20. The van der Waals surface area contributed by atoms with Crippen molar-refractivity contribution >= 4 is 33.2 Å². The van der Waals surface area contributed by atoms with Crippen molar-refractivity contribution in [2.75, 3.05) is 17.1 Å². The molecule has 0 saturated carbocycles. The van der Waals surface area contributed by atoms with E-state index in [0.717, 1.165) is 5.56 Å². The van der Waals surface area contributed by atoms with Gasteiger partial charge in [-0.1, -0.05) is 18.2 Å². The number of carbonyl (C=O) groups excluding carboxylic acids is 2. The number of amides is 2. The zero-order valence-corrected chi connectivity index (χ0v) is 17.3. The van der Waals surface area contributed by atoms with E-state index in [1.165, 1.54) is 36.4 Å². The summed E-state index contributed by atoms with van der Waals surface area (Å²) < 4.78 is 27.2. The van der Waals surface area contributed by atoms with E-state index in [2.05, 4.69) is 15.4 Å². The molecule has 0 unspecified atom stereocenters. The molecule has 0 aliphatic rings. The number of hydrogen-bond donors (Lipinski definition) is 3. The van der Waals surface area contributed by atoms with Crippen molar-refractivity contribution in [1.82, 2.24) is 5.32 Å². The summed E-state index contributed by atoms with van der Waals surface area (Å²) in [5.74, 6) is -0.548. The summed E-state index contributed by atoms with van der Waals surface area (Å²) >= 11 is 0. The Kier molecular flexibility index (Phi) is 6.17. The van der Waals surface area contributed by atoms with Crippen molar-refractivity contribution in [3.05, 3.63) is 89.5 Å². The normalized spacial score (nSPS) is 10.9. The molecule has 0 heterocycles. The Labute approximate surface area is 175 Å². The molecule has 30 heavy (non-hydrogen) atoms. The summed E-state index contributed by atoms with van der Waals surface area (Å²) in [5.41, 5.74) is 2.55. The smallest absolute Gasteiger partial charge is 0.261 e. The van der Waals surface area contributed by atoms with Gasteiger partial charge in [0.2, 0.25) is 0 Å². The van der Waals surface area contributed by atoms with Crippen molar-refractivity contribution in [3.63, 3.8) is 0 Å². The number of carbonyl (C=O) groups is 2. The van der Waals surface area contributed by atoms with E-state index in [4.69, 9.17) is 0 Å². The Morgan fingerprint density at radius 2 is 1.43 bits per heavy atom. The molecule has 3 aromatic rings. The number of hydrogen-bond acceptors (Lipinski definition) is 4. The van der Waals surface area contributed by atoms with Crippen molar-refractivity contribution < 1.29 is 18.0 Å². The molecule has 0 aliphatic carbocycles. The first-order valence-corrected chi connectivity index (χ1v) is 10.6. The van der Waals surface area contributed by atoms with Gasteiger partial charge < -0.3 is 10.6 Å². The molecular weight excluding hydrogens is 402 g/mol. The lowest BCUT2D eigenvalue weighted by Gasteiger charge is -2.11. The minimum Gasteiger partial charge on any atom is -0.355 e. The van der Waals surface area contributed by atoms with E-state index < -0.39 is 10.0 Å². The first kappa shape index (κ1) is 21.1. The van der Waals surface area contributed by atoms with Crippen molar-refractivity contribution in [2.45, 2.75) is 11.8 Å². The fourth-order valence-electron chi connectivity index (χ4n) is 2.79. The van der Waals surface area contributed by atoms with Gasteiger partial charge in [-0.25, -0.2) is 8.42 Å². The summed E-state index contributed by atoms with van der Waals surface area (Å²) in [7, 11) is -2.14. The number of rotatable bonds is 6. The number of aryl methyl sites for hydroxylation is 1. The molecule has 7 nitrogen and oxygen atoms in total. The average molecular weight is 423 g/mol. The van der Waals surface area contributed by atoms with E-state index in [0.29, 0.717) is 22.5 Å². The maximum Gasteiger partial charge on any atom is 0.261 e. The molecule has 0 atom stereocenters. The first-order chi connectivity index (χ1) is 14.3. The maximum atomic E-state index is 12.5. The van der Waals surface area contributed by atoms with E-state index >= 15 is 0 Å². The molecule has 0 bridgehead atoms. The predicted molar refractivity (Wildman–Crippen MR) is 116 cm³/mol. The Morgan fingerprint density at radius 1 is 0.800 bits per heavy atom. The van der Waals surface area contributed by atoms with Gasteiger partial charge >= 0.3 is 0 Å². The lowest BCUT2D eigenvalue weighted by Crippen LogP contribution is -2.18. The van der Waals surface area contributed by atoms with Crippen molar-refractivity contribution in [1.29, 1.82) is 0 Å². The van der Waals surface area contributed by atoms with E-state index in [1.54, 1.807) is 50.4 Å². The van der Waals surface area contributed by atoms with Gasteiger partial charge in [0.05, 0.1) is 4.90 Å². The summed E-state index contributed by atoms with van der Waals surface area (Å²) in [6, 6.07) is 19.1. The Balaban J connectivity index is 1.70. The van der Waals surface area contributed by atoms with Gasteiger partial charge in [0.15, 0.2) is 0 Å². The topological polar surface area (TPSA) is 104 Å². The van der Waals surface area contributed by atoms with Gasteiger partial charge in [-0.2, -0.15) is 0 Å². The van der Waals surface area contributed by atoms with Crippen LogP contribution in [0.15, 0.2) is 77.7 Å². The zero-order chi connectivity index (χ0) is 21.7. The average Bonchev–Trinajstić information content (AvgIpc) is 2.75. The lowest BCUT2D eigenvalue weighted by atomic mass is 10.1. The first-order valence-electron chi connectivity index (χ1n) is 9.12. The van der Waals surface area contributed by atoms with Gasteiger partial charge in [-0.15, -0.1) is 0 Å². The molecule has 0 fully saturated rings. The number of sulfonamides is 1. The van der Waals surface area contributed by atoms with Crippen LogP contribution in [0.2, 0.25) is 0 Å². The number of benzene rings is 3. The molecule has 0 saturated heterocycles. The Hall–Kier alpha value is -3.65. The van der Waals surface area contributed by atoms with E-state index in [9.17, 15) is 18.0 Å². The largest absolute Gasteiger partial charge is 0.355 e. The van der Waals surface area contributed by atoms with Gasteiger partial charge in [0, 0.05) is 29.5 Å². The van der Waals surface area contributed by atoms with Crippen molar-refractivity contribution in [3.8, 4) is 0 Å². The van der Waals surface area contributed by atoms with Crippen LogP contribution in [-0.4, -0.2) is 27.3 Å². The molecule has 2 amide bonds. The SMILES string of the molecule is CNC(=O)c1ccc(NC(=O)c2ccc(NS(=O)(=O)c3ccccc3)cc2)c(C)c1. The van der Waals surface area contributed by atoms with Crippen LogP contribution in [-0.2, 0) is 10.0 Å². The van der Waals surface area contributed by atoms with Crippen molar-refractivity contribution in [2.24, 2.45) is 0 Å². The lowest BCUT2D eigenvalue weighted by molar-refractivity contribution is 0.0962. The third-order valence-electron chi connectivity index (χ3n) is 4.42. The van der Waals surface area contributed by atoms with E-state index in [1.807, 2.05) is 0 Å². The molecule has 3 aromatic carbocycles. The van der Waals surface area contributed by atoms with Gasteiger partial charge in [-0.3, -0.25) is 14.3 Å². The van der Waals surface area contributed by atoms with Gasteiger partial charge in [0.25, 0.3) is 21.8 Å². The second-order valence-electron chi connectivity index (χ2n) is 6.56. The molecule has 154 valence electrons. The minimum atomic E-state index is -3.70. The third kappa shape index (κ3) is 4.84.